The van der Waals surface area contributed by atoms with Gasteiger partial charge in [-0.1, -0.05) is 0 Å². The van der Waals surface area contributed by atoms with Gasteiger partial charge in [-0.15, -0.1) is 0 Å². The average Bonchev–Trinajstić information content (AvgIpc) is 2.50. The molecule has 2 atom stereocenters. The lowest BCUT2D eigenvalue weighted by molar-refractivity contribution is 0.0164. The molecule has 0 aromatic rings. The molecule has 1 heterocycles. The standard InChI is InChI=1S/C9H17F2NO/c1-7(13-2)8-4-3-5-12(8)6-9(10)11/h7-9H,3-6H2,1-2H3/t7-,8-/m0/s1. The fourth-order valence-corrected chi connectivity index (χ4v) is 1.94. The van der Waals surface area contributed by atoms with Crippen molar-refractivity contribution < 1.29 is 13.5 Å². The summed E-state index contributed by atoms with van der Waals surface area (Å²) in [5.74, 6) is 0. The molecule has 0 radical (unpaired) electrons. The highest BCUT2D eigenvalue weighted by atomic mass is 19.3. The van der Waals surface area contributed by atoms with Gasteiger partial charge in [-0.05, 0) is 26.3 Å². The molecule has 0 spiro atoms. The van der Waals surface area contributed by atoms with Crippen molar-refractivity contribution in [3.63, 3.8) is 0 Å². The van der Waals surface area contributed by atoms with E-state index in [1.807, 2.05) is 11.8 Å². The lowest BCUT2D eigenvalue weighted by Crippen LogP contribution is -2.40. The molecule has 0 unspecified atom stereocenters. The second kappa shape index (κ2) is 4.86. The van der Waals surface area contributed by atoms with Crippen LogP contribution in [-0.2, 0) is 4.74 Å². The number of hydrogen-bond donors (Lipinski definition) is 0. The highest BCUT2D eigenvalue weighted by Gasteiger charge is 2.30. The molecule has 0 N–H and O–H groups in total. The van der Waals surface area contributed by atoms with E-state index in [4.69, 9.17) is 4.74 Å². The van der Waals surface area contributed by atoms with Crippen LogP contribution in [0.25, 0.3) is 0 Å². The Morgan fingerprint density at radius 3 is 2.77 bits per heavy atom. The molecular formula is C9H17F2NO. The summed E-state index contributed by atoms with van der Waals surface area (Å²) in [5, 5.41) is 0. The summed E-state index contributed by atoms with van der Waals surface area (Å²) in [7, 11) is 1.63. The molecule has 0 saturated carbocycles. The smallest absolute Gasteiger partial charge is 0.251 e. The molecule has 0 amide bonds. The minimum atomic E-state index is -2.23. The van der Waals surface area contributed by atoms with Crippen molar-refractivity contribution in [3.05, 3.63) is 0 Å². The number of halogens is 2. The van der Waals surface area contributed by atoms with Crippen LogP contribution in [0.1, 0.15) is 19.8 Å². The van der Waals surface area contributed by atoms with Crippen LogP contribution in [0.3, 0.4) is 0 Å². The zero-order valence-electron chi connectivity index (χ0n) is 8.17. The van der Waals surface area contributed by atoms with E-state index in [1.165, 1.54) is 0 Å². The third-order valence-corrected chi connectivity index (χ3v) is 2.70. The molecule has 2 nitrogen and oxygen atoms in total. The van der Waals surface area contributed by atoms with Crippen LogP contribution >= 0.6 is 0 Å². The van der Waals surface area contributed by atoms with E-state index in [1.54, 1.807) is 7.11 Å². The summed E-state index contributed by atoms with van der Waals surface area (Å²) in [6.07, 6.45) is -0.196. The summed E-state index contributed by atoms with van der Waals surface area (Å²) < 4.78 is 29.4. The first-order valence-corrected chi connectivity index (χ1v) is 4.70. The van der Waals surface area contributed by atoms with Gasteiger partial charge >= 0.3 is 0 Å². The van der Waals surface area contributed by atoms with Gasteiger partial charge in [-0.2, -0.15) is 0 Å². The van der Waals surface area contributed by atoms with Gasteiger partial charge in [0.1, 0.15) is 0 Å². The Bertz CT molecular complexity index is 155. The van der Waals surface area contributed by atoms with Crippen LogP contribution in [0.5, 0.6) is 0 Å². The normalized spacial score (nSPS) is 27.0. The zero-order valence-corrected chi connectivity index (χ0v) is 8.17. The molecule has 0 aromatic carbocycles. The topological polar surface area (TPSA) is 12.5 Å². The fraction of sp³-hybridized carbons (Fsp3) is 1.00. The van der Waals surface area contributed by atoms with E-state index in [0.717, 1.165) is 19.4 Å². The Balaban J connectivity index is 2.43. The molecule has 1 saturated heterocycles. The Kier molecular flexibility index (Phi) is 4.06. The van der Waals surface area contributed by atoms with E-state index >= 15 is 0 Å². The minimum Gasteiger partial charge on any atom is -0.380 e. The second-order valence-electron chi connectivity index (χ2n) is 3.54. The molecule has 0 bridgehead atoms. The van der Waals surface area contributed by atoms with Crippen molar-refractivity contribution >= 4 is 0 Å². The predicted octanol–water partition coefficient (Wildman–Crippen LogP) is 1.75. The predicted molar refractivity (Wildman–Crippen MR) is 47.1 cm³/mol. The van der Waals surface area contributed by atoms with Gasteiger partial charge in [0.2, 0.25) is 0 Å². The van der Waals surface area contributed by atoms with Crippen LogP contribution in [0, 0.1) is 0 Å². The van der Waals surface area contributed by atoms with Crippen molar-refractivity contribution in [3.8, 4) is 0 Å². The van der Waals surface area contributed by atoms with Gasteiger partial charge in [0.05, 0.1) is 12.6 Å². The third-order valence-electron chi connectivity index (χ3n) is 2.70. The summed E-state index contributed by atoms with van der Waals surface area (Å²) in [4.78, 5) is 1.83. The summed E-state index contributed by atoms with van der Waals surface area (Å²) >= 11 is 0. The molecule has 13 heavy (non-hydrogen) atoms. The molecule has 1 aliphatic heterocycles. The Morgan fingerprint density at radius 1 is 1.54 bits per heavy atom. The van der Waals surface area contributed by atoms with Gasteiger partial charge in [0.25, 0.3) is 6.43 Å². The first-order chi connectivity index (χ1) is 6.15. The van der Waals surface area contributed by atoms with E-state index in [-0.39, 0.29) is 18.7 Å². The maximum Gasteiger partial charge on any atom is 0.251 e. The van der Waals surface area contributed by atoms with Crippen molar-refractivity contribution in [1.82, 2.24) is 4.90 Å². The fourth-order valence-electron chi connectivity index (χ4n) is 1.94. The van der Waals surface area contributed by atoms with Gasteiger partial charge < -0.3 is 4.74 Å². The summed E-state index contributed by atoms with van der Waals surface area (Å²) in [6.45, 7) is 2.61. The van der Waals surface area contributed by atoms with Crippen molar-refractivity contribution in [2.75, 3.05) is 20.2 Å². The Morgan fingerprint density at radius 2 is 2.23 bits per heavy atom. The molecule has 4 heteroatoms. The maximum absolute atomic E-state index is 12.1. The number of ether oxygens (including phenoxy) is 1. The highest BCUT2D eigenvalue weighted by molar-refractivity contribution is 4.83. The van der Waals surface area contributed by atoms with Gasteiger partial charge in [0.15, 0.2) is 0 Å². The third kappa shape index (κ3) is 2.88. The molecular weight excluding hydrogens is 176 g/mol. The molecule has 0 aliphatic carbocycles. The first kappa shape index (κ1) is 10.9. The average molecular weight is 193 g/mol. The van der Waals surface area contributed by atoms with E-state index < -0.39 is 6.43 Å². The number of hydrogen-bond acceptors (Lipinski definition) is 2. The van der Waals surface area contributed by atoms with Crippen LogP contribution in [-0.4, -0.2) is 43.7 Å². The molecule has 78 valence electrons. The number of likely N-dealkylation sites (tertiary alicyclic amines) is 1. The van der Waals surface area contributed by atoms with Gasteiger partial charge in [-0.25, -0.2) is 8.78 Å². The van der Waals surface area contributed by atoms with Gasteiger partial charge in [-0.3, -0.25) is 4.90 Å². The zero-order chi connectivity index (χ0) is 9.84. The quantitative estimate of drug-likeness (QED) is 0.674. The molecule has 1 rings (SSSR count). The number of alkyl halides is 2. The second-order valence-corrected chi connectivity index (χ2v) is 3.54. The Hall–Kier alpha value is -0.220. The summed E-state index contributed by atoms with van der Waals surface area (Å²) in [5.41, 5.74) is 0. The van der Waals surface area contributed by atoms with Crippen LogP contribution < -0.4 is 0 Å². The number of nitrogens with zero attached hydrogens (tertiary/aromatic N) is 1. The van der Waals surface area contributed by atoms with E-state index in [0.29, 0.717) is 0 Å². The van der Waals surface area contributed by atoms with E-state index in [9.17, 15) is 8.78 Å². The number of rotatable bonds is 4. The van der Waals surface area contributed by atoms with Crippen LogP contribution in [0.2, 0.25) is 0 Å². The Labute approximate surface area is 77.9 Å². The van der Waals surface area contributed by atoms with Crippen molar-refractivity contribution in [1.29, 1.82) is 0 Å². The first-order valence-electron chi connectivity index (χ1n) is 4.70. The monoisotopic (exact) mass is 193 g/mol. The van der Waals surface area contributed by atoms with Crippen LogP contribution in [0.15, 0.2) is 0 Å². The van der Waals surface area contributed by atoms with Crippen molar-refractivity contribution in [2.24, 2.45) is 0 Å². The highest BCUT2D eigenvalue weighted by Crippen LogP contribution is 2.22. The summed E-state index contributed by atoms with van der Waals surface area (Å²) in [6, 6.07) is 0.180. The molecule has 1 aliphatic rings. The number of methoxy groups -OCH3 is 1. The molecule has 1 fully saturated rings. The van der Waals surface area contributed by atoms with Crippen LogP contribution in [0.4, 0.5) is 8.78 Å². The lowest BCUT2D eigenvalue weighted by Gasteiger charge is -2.28. The largest absolute Gasteiger partial charge is 0.380 e. The van der Waals surface area contributed by atoms with Crippen molar-refractivity contribution in [2.45, 2.75) is 38.3 Å². The minimum absolute atomic E-state index is 0.0567. The van der Waals surface area contributed by atoms with E-state index in [2.05, 4.69) is 0 Å². The molecule has 0 aromatic heterocycles. The lowest BCUT2D eigenvalue weighted by atomic mass is 10.1. The van der Waals surface area contributed by atoms with Gasteiger partial charge in [0, 0.05) is 13.2 Å². The maximum atomic E-state index is 12.1. The SMILES string of the molecule is CO[C@@H](C)[C@@H]1CCCN1CC(F)F.